The maximum atomic E-state index is 14.3. The van der Waals surface area contributed by atoms with E-state index in [9.17, 15) is 14.0 Å². The fourth-order valence-electron chi connectivity index (χ4n) is 3.82. The maximum absolute atomic E-state index is 14.3. The Kier molecular flexibility index (Phi) is 6.80. The van der Waals surface area contributed by atoms with Crippen molar-refractivity contribution < 1.29 is 18.7 Å². The first-order valence-corrected chi connectivity index (χ1v) is 11.4. The van der Waals surface area contributed by atoms with Crippen molar-refractivity contribution in [2.75, 3.05) is 17.7 Å². The number of hydrogen-bond acceptors (Lipinski definition) is 5. The van der Waals surface area contributed by atoms with E-state index in [4.69, 9.17) is 4.74 Å². The highest BCUT2D eigenvalue weighted by molar-refractivity contribution is 7.13. The Hall–Kier alpha value is -3.26. The van der Waals surface area contributed by atoms with Crippen molar-refractivity contribution in [2.24, 2.45) is 5.92 Å². The average molecular weight is 454 g/mol. The summed E-state index contributed by atoms with van der Waals surface area (Å²) in [7, 11) is 1.58. The number of nitrogens with zero attached hydrogens (tertiary/aromatic N) is 1. The van der Waals surface area contributed by atoms with Gasteiger partial charge in [-0.25, -0.2) is 9.37 Å². The van der Waals surface area contributed by atoms with Crippen molar-refractivity contribution in [1.29, 1.82) is 0 Å². The minimum Gasteiger partial charge on any atom is -0.496 e. The van der Waals surface area contributed by atoms with Gasteiger partial charge in [-0.05, 0) is 43.2 Å². The molecule has 1 aliphatic carbocycles. The standard InChI is InChI=1S/C24H24FN3O3S/c1-31-21-10-6-5-9-17(21)24-28-20(14-32-24)23(30)26-16-11-12-18(25)19(13-16)27-22(29)15-7-3-2-4-8-15/h5-6,9-15H,2-4,7-8H2,1H3,(H,26,30)(H,27,29). The molecule has 1 fully saturated rings. The van der Waals surface area contributed by atoms with Crippen LogP contribution in [0.1, 0.15) is 42.6 Å². The number of carbonyl (C=O) groups is 2. The van der Waals surface area contributed by atoms with Gasteiger partial charge in [0.05, 0.1) is 18.4 Å². The number of halogens is 1. The van der Waals surface area contributed by atoms with Gasteiger partial charge in [0.1, 0.15) is 22.3 Å². The summed E-state index contributed by atoms with van der Waals surface area (Å²) in [5.74, 6) is -0.554. The summed E-state index contributed by atoms with van der Waals surface area (Å²) in [5.41, 5.74) is 1.48. The van der Waals surface area contributed by atoms with Crippen LogP contribution in [0.4, 0.5) is 15.8 Å². The summed E-state index contributed by atoms with van der Waals surface area (Å²) in [6, 6.07) is 11.6. The van der Waals surface area contributed by atoms with Gasteiger partial charge in [0, 0.05) is 17.0 Å². The van der Waals surface area contributed by atoms with Crippen LogP contribution in [0.2, 0.25) is 0 Å². The summed E-state index contributed by atoms with van der Waals surface area (Å²) in [5, 5.41) is 7.73. The van der Waals surface area contributed by atoms with Crippen molar-refractivity contribution in [3.8, 4) is 16.3 Å². The largest absolute Gasteiger partial charge is 0.496 e. The second-order valence-electron chi connectivity index (χ2n) is 7.71. The van der Waals surface area contributed by atoms with Crippen molar-refractivity contribution >= 4 is 34.5 Å². The number of anilines is 2. The van der Waals surface area contributed by atoms with Crippen LogP contribution in [0, 0.1) is 11.7 Å². The molecule has 2 N–H and O–H groups in total. The molecule has 1 heterocycles. The lowest BCUT2D eigenvalue weighted by Gasteiger charge is -2.21. The zero-order valence-electron chi connectivity index (χ0n) is 17.7. The van der Waals surface area contributed by atoms with Gasteiger partial charge in [-0.2, -0.15) is 0 Å². The molecule has 2 amide bonds. The number of aromatic nitrogens is 1. The van der Waals surface area contributed by atoms with E-state index in [1.165, 1.54) is 29.5 Å². The second kappa shape index (κ2) is 9.91. The number of methoxy groups -OCH3 is 1. The van der Waals surface area contributed by atoms with Crippen LogP contribution in [-0.4, -0.2) is 23.9 Å². The first-order valence-electron chi connectivity index (χ1n) is 10.6. The zero-order chi connectivity index (χ0) is 22.5. The SMILES string of the molecule is COc1ccccc1-c1nc(C(=O)Nc2ccc(F)c(NC(=O)C3CCCCC3)c2)cs1. The number of carbonyl (C=O) groups excluding carboxylic acids is 2. The van der Waals surface area contributed by atoms with Gasteiger partial charge >= 0.3 is 0 Å². The molecule has 0 aliphatic heterocycles. The molecule has 0 bridgehead atoms. The molecule has 3 aromatic rings. The number of para-hydroxylation sites is 1. The van der Waals surface area contributed by atoms with Gasteiger partial charge < -0.3 is 15.4 Å². The molecule has 6 nitrogen and oxygen atoms in total. The minimum atomic E-state index is -0.542. The third-order valence-electron chi connectivity index (χ3n) is 5.53. The first kappa shape index (κ1) is 22.0. The maximum Gasteiger partial charge on any atom is 0.275 e. The molecule has 32 heavy (non-hydrogen) atoms. The molecule has 1 saturated carbocycles. The Labute approximate surface area is 189 Å². The summed E-state index contributed by atoms with van der Waals surface area (Å²) in [6.45, 7) is 0. The molecule has 1 aliphatic rings. The van der Waals surface area contributed by atoms with E-state index >= 15 is 0 Å². The van der Waals surface area contributed by atoms with E-state index in [0.717, 1.165) is 37.7 Å². The van der Waals surface area contributed by atoms with Crippen LogP contribution in [-0.2, 0) is 4.79 Å². The highest BCUT2D eigenvalue weighted by atomic mass is 32.1. The molecule has 0 atom stereocenters. The molecular weight excluding hydrogens is 429 g/mol. The molecule has 0 saturated heterocycles. The van der Waals surface area contributed by atoms with Crippen molar-refractivity contribution in [3.63, 3.8) is 0 Å². The van der Waals surface area contributed by atoms with E-state index in [2.05, 4.69) is 15.6 Å². The highest BCUT2D eigenvalue weighted by Crippen LogP contribution is 2.32. The molecule has 0 spiro atoms. The molecule has 8 heteroatoms. The third kappa shape index (κ3) is 4.96. The lowest BCUT2D eigenvalue weighted by molar-refractivity contribution is -0.120. The lowest BCUT2D eigenvalue weighted by Crippen LogP contribution is -2.25. The van der Waals surface area contributed by atoms with Crippen molar-refractivity contribution in [3.05, 3.63) is 59.4 Å². The summed E-state index contributed by atoms with van der Waals surface area (Å²) >= 11 is 1.33. The quantitative estimate of drug-likeness (QED) is 0.500. The fraction of sp³-hybridized carbons (Fsp3) is 0.292. The number of nitrogens with one attached hydrogen (secondary N) is 2. The number of hydrogen-bond donors (Lipinski definition) is 2. The van der Waals surface area contributed by atoms with E-state index in [1.807, 2.05) is 24.3 Å². The molecule has 1 aromatic heterocycles. The van der Waals surface area contributed by atoms with Crippen LogP contribution < -0.4 is 15.4 Å². The van der Waals surface area contributed by atoms with Gasteiger partial charge in [0.2, 0.25) is 5.91 Å². The summed E-state index contributed by atoms with van der Waals surface area (Å²) in [4.78, 5) is 29.6. The van der Waals surface area contributed by atoms with Crippen LogP contribution in [0.5, 0.6) is 5.75 Å². The zero-order valence-corrected chi connectivity index (χ0v) is 18.5. The second-order valence-corrected chi connectivity index (χ2v) is 8.57. The van der Waals surface area contributed by atoms with Gasteiger partial charge in [-0.3, -0.25) is 9.59 Å². The fourth-order valence-corrected chi connectivity index (χ4v) is 4.65. The number of amides is 2. The number of thiazole rings is 1. The first-order chi connectivity index (χ1) is 15.5. The van der Waals surface area contributed by atoms with Crippen LogP contribution in [0.15, 0.2) is 47.8 Å². The van der Waals surface area contributed by atoms with E-state index in [-0.39, 0.29) is 23.2 Å². The topological polar surface area (TPSA) is 80.3 Å². The van der Waals surface area contributed by atoms with Gasteiger partial charge in [0.15, 0.2) is 0 Å². The molecule has 0 unspecified atom stereocenters. The average Bonchev–Trinajstić information content (AvgIpc) is 3.32. The van der Waals surface area contributed by atoms with Crippen LogP contribution in [0.25, 0.3) is 10.6 Å². The smallest absolute Gasteiger partial charge is 0.275 e. The van der Waals surface area contributed by atoms with Gasteiger partial charge in [0.25, 0.3) is 5.91 Å². The summed E-state index contributed by atoms with van der Waals surface area (Å²) < 4.78 is 19.6. The lowest BCUT2D eigenvalue weighted by atomic mass is 9.88. The van der Waals surface area contributed by atoms with Gasteiger partial charge in [-0.1, -0.05) is 31.4 Å². The number of ether oxygens (including phenoxy) is 1. The molecule has 166 valence electrons. The predicted molar refractivity (Wildman–Crippen MR) is 124 cm³/mol. The van der Waals surface area contributed by atoms with Crippen LogP contribution in [0.3, 0.4) is 0 Å². The van der Waals surface area contributed by atoms with Crippen molar-refractivity contribution in [1.82, 2.24) is 4.98 Å². The van der Waals surface area contributed by atoms with Crippen molar-refractivity contribution in [2.45, 2.75) is 32.1 Å². The Morgan fingerprint density at radius 2 is 1.88 bits per heavy atom. The molecule has 0 radical (unpaired) electrons. The van der Waals surface area contributed by atoms with Gasteiger partial charge in [-0.15, -0.1) is 11.3 Å². The number of rotatable bonds is 6. The normalized spacial score (nSPS) is 14.1. The third-order valence-corrected chi connectivity index (χ3v) is 6.41. The van der Waals surface area contributed by atoms with E-state index < -0.39 is 11.7 Å². The van der Waals surface area contributed by atoms with E-state index in [1.54, 1.807) is 12.5 Å². The molecule has 4 rings (SSSR count). The van der Waals surface area contributed by atoms with Crippen LogP contribution >= 0.6 is 11.3 Å². The molecular formula is C24H24FN3O3S. The molecule has 2 aromatic carbocycles. The Morgan fingerprint density at radius 3 is 2.66 bits per heavy atom. The Balaban J connectivity index is 1.46. The Bertz CT molecular complexity index is 1130. The summed E-state index contributed by atoms with van der Waals surface area (Å²) in [6.07, 6.45) is 4.81. The van der Waals surface area contributed by atoms with E-state index in [0.29, 0.717) is 16.4 Å². The monoisotopic (exact) mass is 453 g/mol. The minimum absolute atomic E-state index is 0.0614. The highest BCUT2D eigenvalue weighted by Gasteiger charge is 2.22. The number of benzene rings is 2. The predicted octanol–water partition coefficient (Wildman–Crippen LogP) is 5.73. The Morgan fingerprint density at radius 1 is 1.09 bits per heavy atom.